The maximum absolute atomic E-state index is 9.51. The summed E-state index contributed by atoms with van der Waals surface area (Å²) in [6.45, 7) is 0. The van der Waals surface area contributed by atoms with Crippen LogP contribution in [-0.4, -0.2) is 0 Å². The molecule has 0 saturated heterocycles. The molecule has 0 fully saturated rings. The Balaban J connectivity index is 1.59. The molecule has 7 aromatic carbocycles. The van der Waals surface area contributed by atoms with E-state index in [2.05, 4.69) is 0 Å². The van der Waals surface area contributed by atoms with E-state index in [4.69, 9.17) is 26.3 Å². The van der Waals surface area contributed by atoms with E-state index in [1.54, 1.807) is 0 Å². The zero-order valence-corrected chi connectivity index (χ0v) is 19.7. The Bertz CT molecular complexity index is 3150. The van der Waals surface area contributed by atoms with E-state index in [-0.39, 0.29) is 84.3 Å². The standard InChI is InChI=1S/C38H24O/c1-2-10-25(11-3-1)26-18-20-27(21-19-26)37-30-13-4-6-15-32(30)38(33-16-7-5-14-31(33)37)28-22-23-36-34(24-28)29-12-8-9-17-35(29)39-36/h1-24H/i1D,2D,3D,4D,5D,6D,7D,8D,9D,10D,11D,12D,17D,18D,19D,20D,21D,22D,23D,24D. The number of benzene rings is 7. The van der Waals surface area contributed by atoms with Gasteiger partial charge in [-0.15, -0.1) is 0 Å². The van der Waals surface area contributed by atoms with Crippen molar-refractivity contribution >= 4 is 43.5 Å². The Morgan fingerprint density at radius 1 is 0.359 bits per heavy atom. The van der Waals surface area contributed by atoms with Gasteiger partial charge < -0.3 is 4.42 Å². The second-order valence-electron chi connectivity index (χ2n) is 8.57. The lowest BCUT2D eigenvalue weighted by molar-refractivity contribution is 0.669. The molecule has 0 N–H and O–H groups in total. The van der Waals surface area contributed by atoms with Gasteiger partial charge in [-0.05, 0) is 73.1 Å². The maximum Gasteiger partial charge on any atom is 0.135 e. The molecule has 0 aliphatic heterocycles. The summed E-state index contributed by atoms with van der Waals surface area (Å²) in [5, 5.41) is -0.580. The minimum atomic E-state index is -0.793. The molecule has 1 heteroatoms. The van der Waals surface area contributed by atoms with E-state index < -0.39 is 113 Å². The van der Waals surface area contributed by atoms with Crippen molar-refractivity contribution in [1.29, 1.82) is 0 Å². The molecular weight excluding hydrogens is 472 g/mol. The third-order valence-corrected chi connectivity index (χ3v) is 6.45. The first kappa shape index (κ1) is 9.87. The molecule has 1 nitrogen and oxygen atoms in total. The Morgan fingerprint density at radius 2 is 0.846 bits per heavy atom. The Hall–Kier alpha value is -5.14. The molecule has 0 aliphatic carbocycles. The second kappa shape index (κ2) is 8.72. The van der Waals surface area contributed by atoms with Crippen LogP contribution in [0.2, 0.25) is 0 Å². The number of hydrogen-bond acceptors (Lipinski definition) is 1. The van der Waals surface area contributed by atoms with Gasteiger partial charge in [0.25, 0.3) is 0 Å². The van der Waals surface area contributed by atoms with Crippen molar-refractivity contribution in [2.75, 3.05) is 0 Å². The highest BCUT2D eigenvalue weighted by molar-refractivity contribution is 6.22. The summed E-state index contributed by atoms with van der Waals surface area (Å²) >= 11 is 0. The summed E-state index contributed by atoms with van der Waals surface area (Å²) in [5.74, 6) is 0. The lowest BCUT2D eigenvalue weighted by Gasteiger charge is -2.18. The third-order valence-electron chi connectivity index (χ3n) is 6.45. The zero-order chi connectivity index (χ0) is 43.2. The summed E-state index contributed by atoms with van der Waals surface area (Å²) in [6, 6.07) is -7.85. The van der Waals surface area contributed by atoms with Crippen LogP contribution in [0.25, 0.3) is 76.9 Å². The average Bonchev–Trinajstić information content (AvgIpc) is 3.61. The van der Waals surface area contributed by atoms with Gasteiger partial charge in [0, 0.05) is 10.8 Å². The molecular formula is C38H24O. The number of fused-ring (bicyclic) bond motifs is 5. The fourth-order valence-corrected chi connectivity index (χ4v) is 4.79. The first-order valence-electron chi connectivity index (χ1n) is 21.7. The molecule has 0 atom stereocenters. The van der Waals surface area contributed by atoms with Crippen molar-refractivity contribution in [2.45, 2.75) is 0 Å². The fraction of sp³-hybridized carbons (Fsp3) is 0. The van der Waals surface area contributed by atoms with Gasteiger partial charge in [-0.25, -0.2) is 0 Å². The largest absolute Gasteiger partial charge is 0.456 e. The number of rotatable bonds is 3. The van der Waals surface area contributed by atoms with Gasteiger partial charge in [0.1, 0.15) is 11.2 Å². The highest BCUT2D eigenvalue weighted by Gasteiger charge is 2.17. The third kappa shape index (κ3) is 3.48. The van der Waals surface area contributed by atoms with Gasteiger partial charge in [-0.2, -0.15) is 0 Å². The van der Waals surface area contributed by atoms with E-state index in [9.17, 15) is 5.48 Å². The van der Waals surface area contributed by atoms with Crippen LogP contribution in [0.4, 0.5) is 0 Å². The van der Waals surface area contributed by atoms with Gasteiger partial charge in [0.2, 0.25) is 0 Å². The first-order chi connectivity index (χ1) is 27.6. The molecule has 39 heavy (non-hydrogen) atoms. The van der Waals surface area contributed by atoms with Crippen LogP contribution in [0, 0.1) is 0 Å². The number of hydrogen-bond donors (Lipinski definition) is 0. The van der Waals surface area contributed by atoms with Crippen LogP contribution < -0.4 is 0 Å². The van der Waals surface area contributed by atoms with Crippen LogP contribution in [0.3, 0.4) is 0 Å². The Labute approximate surface area is 254 Å². The predicted octanol–water partition coefficient (Wildman–Crippen LogP) is 10.9. The summed E-state index contributed by atoms with van der Waals surface area (Å²) in [5.41, 5.74) is -2.83. The molecule has 1 heterocycles. The minimum absolute atomic E-state index is 0.0207. The van der Waals surface area contributed by atoms with Gasteiger partial charge in [-0.3, -0.25) is 0 Å². The molecule has 0 spiro atoms. The molecule has 0 aliphatic rings. The highest BCUT2D eigenvalue weighted by atomic mass is 16.3. The van der Waals surface area contributed by atoms with Crippen LogP contribution >= 0.6 is 0 Å². The molecule has 8 aromatic rings. The maximum atomic E-state index is 9.51. The summed E-state index contributed by atoms with van der Waals surface area (Å²) < 4.78 is 179. The first-order valence-corrected chi connectivity index (χ1v) is 11.7. The predicted molar refractivity (Wildman–Crippen MR) is 165 cm³/mol. The van der Waals surface area contributed by atoms with Gasteiger partial charge in [0.05, 0.1) is 27.4 Å². The van der Waals surface area contributed by atoms with Crippen molar-refractivity contribution in [3.8, 4) is 33.4 Å². The van der Waals surface area contributed by atoms with Gasteiger partial charge >= 0.3 is 0 Å². The number of furan rings is 1. The molecule has 0 unspecified atom stereocenters. The molecule has 1 aromatic heterocycles. The van der Waals surface area contributed by atoms with E-state index >= 15 is 0 Å². The monoisotopic (exact) mass is 516 g/mol. The second-order valence-corrected chi connectivity index (χ2v) is 8.57. The molecule has 0 saturated carbocycles. The highest BCUT2D eigenvalue weighted by Crippen LogP contribution is 2.44. The lowest BCUT2D eigenvalue weighted by atomic mass is 9.85. The topological polar surface area (TPSA) is 13.1 Å². The molecule has 8 rings (SSSR count). The molecule has 0 radical (unpaired) electrons. The zero-order valence-electron chi connectivity index (χ0n) is 39.7. The Morgan fingerprint density at radius 3 is 1.51 bits per heavy atom. The van der Waals surface area contributed by atoms with Crippen molar-refractivity contribution < 1.29 is 31.8 Å². The van der Waals surface area contributed by atoms with Crippen molar-refractivity contribution in [1.82, 2.24) is 0 Å². The van der Waals surface area contributed by atoms with Crippen LogP contribution in [-0.2, 0) is 0 Å². The smallest absolute Gasteiger partial charge is 0.135 e. The lowest BCUT2D eigenvalue weighted by Crippen LogP contribution is -1.91. The molecule has 0 amide bonds. The fourth-order valence-electron chi connectivity index (χ4n) is 4.79. The quantitative estimate of drug-likeness (QED) is 0.213. The summed E-state index contributed by atoms with van der Waals surface area (Å²) in [4.78, 5) is 0. The normalized spacial score (nSPS) is 18.8. The minimum Gasteiger partial charge on any atom is -0.456 e. The molecule has 182 valence electrons. The van der Waals surface area contributed by atoms with Crippen LogP contribution in [0.1, 0.15) is 27.4 Å². The SMILES string of the molecule is [2H]c1cc2c(-c3c([2H])c([2H])c(-c4c([2H])c([2H])c([2H])c([2H])c4[2H])c([2H])c3[2H])c3cc([2H])c([2H])cc3c(-c3c([2H])c([2H])c4oc5c([2H])c([2H])c([2H])c([2H])c5c4c3[2H])c2cc1[2H]. The van der Waals surface area contributed by atoms with Crippen LogP contribution in [0.15, 0.2) is 150 Å². The van der Waals surface area contributed by atoms with E-state index in [1.165, 1.54) is 24.3 Å². The van der Waals surface area contributed by atoms with E-state index in [0.717, 1.165) is 0 Å². The van der Waals surface area contributed by atoms with E-state index in [0.29, 0.717) is 0 Å². The molecule has 0 bridgehead atoms. The van der Waals surface area contributed by atoms with E-state index in [1.807, 2.05) is 0 Å². The summed E-state index contributed by atoms with van der Waals surface area (Å²) in [7, 11) is 0. The van der Waals surface area contributed by atoms with Crippen LogP contribution in [0.5, 0.6) is 0 Å². The number of para-hydroxylation sites is 1. The van der Waals surface area contributed by atoms with Gasteiger partial charge in [0.15, 0.2) is 0 Å². The van der Waals surface area contributed by atoms with Crippen molar-refractivity contribution in [2.24, 2.45) is 0 Å². The Kier molecular flexibility index (Phi) is 2.21. The average molecular weight is 517 g/mol. The summed E-state index contributed by atoms with van der Waals surface area (Å²) in [6.07, 6.45) is 0. The van der Waals surface area contributed by atoms with Crippen molar-refractivity contribution in [3.05, 3.63) is 145 Å². The van der Waals surface area contributed by atoms with Crippen molar-refractivity contribution in [3.63, 3.8) is 0 Å². The van der Waals surface area contributed by atoms with Gasteiger partial charge in [-0.1, -0.05) is 127 Å².